The van der Waals surface area contributed by atoms with Crippen molar-refractivity contribution in [2.45, 2.75) is 12.8 Å². The summed E-state index contributed by atoms with van der Waals surface area (Å²) in [6.07, 6.45) is 1.20. The Morgan fingerprint density at radius 1 is 1.25 bits per heavy atom. The zero-order chi connectivity index (χ0) is 19.7. The molecule has 1 fully saturated rings. The average Bonchev–Trinajstić information content (AvgIpc) is 3.13. The standard InChI is InChI=1S/C20H18FN3O3S/c21-13-7-8-15(23-20(27)24-9-3-4-12(11-24)19(25)26)14(10-13)18-22-16-5-1-2-6-17(16)28-18/h1-2,5-8,10,12H,3-4,9,11H2,(H,23,27)(H,25,26). The van der Waals surface area contributed by atoms with Gasteiger partial charge in [0.25, 0.3) is 0 Å². The number of carbonyl (C=O) groups is 2. The molecule has 0 aliphatic carbocycles. The smallest absolute Gasteiger partial charge is 0.321 e. The molecule has 2 amide bonds. The van der Waals surface area contributed by atoms with Crippen LogP contribution in [0, 0.1) is 11.7 Å². The van der Waals surface area contributed by atoms with E-state index in [1.165, 1.54) is 34.4 Å². The number of urea groups is 1. The number of nitrogens with one attached hydrogen (secondary N) is 1. The van der Waals surface area contributed by atoms with Gasteiger partial charge in [0.15, 0.2) is 0 Å². The van der Waals surface area contributed by atoms with Gasteiger partial charge in [0, 0.05) is 18.7 Å². The minimum Gasteiger partial charge on any atom is -0.481 e. The number of likely N-dealkylation sites (tertiary alicyclic amines) is 1. The highest BCUT2D eigenvalue weighted by Crippen LogP contribution is 2.35. The molecule has 1 unspecified atom stereocenters. The number of carbonyl (C=O) groups excluding carboxylic acids is 1. The van der Waals surface area contributed by atoms with Crippen LogP contribution in [0.2, 0.25) is 0 Å². The first-order valence-electron chi connectivity index (χ1n) is 8.95. The third-order valence-electron chi connectivity index (χ3n) is 4.81. The number of hydrogen-bond acceptors (Lipinski definition) is 4. The molecular formula is C20H18FN3O3S. The van der Waals surface area contributed by atoms with Gasteiger partial charge in [-0.05, 0) is 43.2 Å². The summed E-state index contributed by atoms with van der Waals surface area (Å²) in [5.74, 6) is -1.87. The molecular weight excluding hydrogens is 381 g/mol. The molecule has 1 aromatic heterocycles. The number of carboxylic acid groups (broad SMARTS) is 1. The molecule has 4 rings (SSSR count). The molecule has 1 saturated heterocycles. The van der Waals surface area contributed by atoms with Crippen LogP contribution in [0.25, 0.3) is 20.8 Å². The number of aliphatic carboxylic acids is 1. The van der Waals surface area contributed by atoms with Crippen molar-refractivity contribution in [3.05, 3.63) is 48.3 Å². The second kappa shape index (κ2) is 7.55. The summed E-state index contributed by atoms with van der Waals surface area (Å²) in [6, 6.07) is 11.4. The van der Waals surface area contributed by atoms with Crippen LogP contribution in [0.5, 0.6) is 0 Å². The number of anilines is 1. The van der Waals surface area contributed by atoms with E-state index in [2.05, 4.69) is 10.3 Å². The van der Waals surface area contributed by atoms with E-state index < -0.39 is 17.7 Å². The number of benzene rings is 2. The molecule has 144 valence electrons. The molecule has 28 heavy (non-hydrogen) atoms. The lowest BCUT2D eigenvalue weighted by atomic mass is 9.99. The summed E-state index contributed by atoms with van der Waals surface area (Å²) < 4.78 is 14.9. The van der Waals surface area contributed by atoms with E-state index >= 15 is 0 Å². The number of thiazole rings is 1. The Morgan fingerprint density at radius 3 is 2.86 bits per heavy atom. The fraction of sp³-hybridized carbons (Fsp3) is 0.250. The zero-order valence-corrected chi connectivity index (χ0v) is 15.7. The lowest BCUT2D eigenvalue weighted by Gasteiger charge is -2.30. The maximum atomic E-state index is 13.9. The third kappa shape index (κ3) is 3.68. The van der Waals surface area contributed by atoms with Gasteiger partial charge in [0.1, 0.15) is 10.8 Å². The number of halogens is 1. The first kappa shape index (κ1) is 18.4. The Labute approximate surface area is 164 Å². The molecule has 6 nitrogen and oxygen atoms in total. The van der Waals surface area contributed by atoms with Crippen molar-refractivity contribution in [1.82, 2.24) is 9.88 Å². The molecule has 0 saturated carbocycles. The minimum absolute atomic E-state index is 0.166. The number of aromatic nitrogens is 1. The summed E-state index contributed by atoms with van der Waals surface area (Å²) in [5, 5.41) is 12.6. The van der Waals surface area contributed by atoms with E-state index in [0.717, 1.165) is 10.2 Å². The second-order valence-corrected chi connectivity index (χ2v) is 7.76. The molecule has 0 spiro atoms. The maximum absolute atomic E-state index is 13.9. The minimum atomic E-state index is -0.894. The number of amides is 2. The predicted molar refractivity (Wildman–Crippen MR) is 106 cm³/mol. The molecule has 0 radical (unpaired) electrons. The molecule has 0 bridgehead atoms. The van der Waals surface area contributed by atoms with E-state index in [1.54, 1.807) is 0 Å². The Hall–Kier alpha value is -3.00. The molecule has 3 aromatic rings. The van der Waals surface area contributed by atoms with Gasteiger partial charge in [-0.2, -0.15) is 0 Å². The van der Waals surface area contributed by atoms with Gasteiger partial charge in [-0.25, -0.2) is 14.2 Å². The molecule has 1 aliphatic heterocycles. The molecule has 2 N–H and O–H groups in total. The Morgan fingerprint density at radius 2 is 2.07 bits per heavy atom. The Balaban J connectivity index is 1.61. The zero-order valence-electron chi connectivity index (χ0n) is 14.9. The lowest BCUT2D eigenvalue weighted by molar-refractivity contribution is -0.143. The van der Waals surface area contributed by atoms with Crippen LogP contribution in [0.15, 0.2) is 42.5 Å². The molecule has 2 heterocycles. The summed E-state index contributed by atoms with van der Waals surface area (Å²) in [5.41, 5.74) is 1.76. The highest BCUT2D eigenvalue weighted by Gasteiger charge is 2.28. The number of fused-ring (bicyclic) bond motifs is 1. The van der Waals surface area contributed by atoms with E-state index in [1.807, 2.05) is 24.3 Å². The van der Waals surface area contributed by atoms with Gasteiger partial charge < -0.3 is 15.3 Å². The molecule has 2 aromatic carbocycles. The SMILES string of the molecule is O=C(O)C1CCCN(C(=O)Nc2ccc(F)cc2-c2nc3ccccc3s2)C1. The summed E-state index contributed by atoms with van der Waals surface area (Å²) in [6.45, 7) is 0.659. The van der Waals surface area contributed by atoms with Gasteiger partial charge in [0.05, 0.1) is 21.8 Å². The van der Waals surface area contributed by atoms with Crippen molar-refractivity contribution in [3.8, 4) is 10.6 Å². The van der Waals surface area contributed by atoms with Gasteiger partial charge in [-0.3, -0.25) is 4.79 Å². The highest BCUT2D eigenvalue weighted by molar-refractivity contribution is 7.21. The number of rotatable bonds is 3. The average molecular weight is 399 g/mol. The monoisotopic (exact) mass is 399 g/mol. The topological polar surface area (TPSA) is 82.5 Å². The van der Waals surface area contributed by atoms with Gasteiger partial charge in [-0.15, -0.1) is 11.3 Å². The quantitative estimate of drug-likeness (QED) is 0.683. The van der Waals surface area contributed by atoms with Crippen LogP contribution < -0.4 is 5.32 Å². The molecule has 8 heteroatoms. The van der Waals surface area contributed by atoms with E-state index in [9.17, 15) is 19.1 Å². The van der Waals surface area contributed by atoms with E-state index in [-0.39, 0.29) is 12.6 Å². The van der Waals surface area contributed by atoms with Crippen LogP contribution >= 0.6 is 11.3 Å². The van der Waals surface area contributed by atoms with E-state index in [0.29, 0.717) is 35.6 Å². The predicted octanol–water partition coefficient (Wildman–Crippen LogP) is 4.43. The fourth-order valence-electron chi connectivity index (χ4n) is 3.35. The number of para-hydroxylation sites is 1. The number of nitrogens with zero attached hydrogens (tertiary/aromatic N) is 2. The largest absolute Gasteiger partial charge is 0.481 e. The third-order valence-corrected chi connectivity index (χ3v) is 5.88. The Bertz CT molecular complexity index is 1020. The van der Waals surface area contributed by atoms with Crippen molar-refractivity contribution < 1.29 is 19.1 Å². The second-order valence-electron chi connectivity index (χ2n) is 6.73. The van der Waals surface area contributed by atoms with Crippen LogP contribution in [0.1, 0.15) is 12.8 Å². The van der Waals surface area contributed by atoms with Gasteiger partial charge in [0.2, 0.25) is 0 Å². The first-order chi connectivity index (χ1) is 13.5. The van der Waals surface area contributed by atoms with Gasteiger partial charge in [-0.1, -0.05) is 12.1 Å². The van der Waals surface area contributed by atoms with Crippen molar-refractivity contribution in [3.63, 3.8) is 0 Å². The Kier molecular flexibility index (Phi) is 4.95. The van der Waals surface area contributed by atoms with Crippen LogP contribution in [-0.2, 0) is 4.79 Å². The summed E-state index contributed by atoms with van der Waals surface area (Å²) >= 11 is 1.42. The maximum Gasteiger partial charge on any atom is 0.321 e. The summed E-state index contributed by atoms with van der Waals surface area (Å²) in [7, 11) is 0. The number of carboxylic acids is 1. The van der Waals surface area contributed by atoms with Gasteiger partial charge >= 0.3 is 12.0 Å². The summed E-state index contributed by atoms with van der Waals surface area (Å²) in [4.78, 5) is 30.0. The highest BCUT2D eigenvalue weighted by atomic mass is 32.1. The normalized spacial score (nSPS) is 16.9. The molecule has 1 atom stereocenters. The van der Waals surface area contributed by atoms with Crippen molar-refractivity contribution in [2.75, 3.05) is 18.4 Å². The van der Waals surface area contributed by atoms with Crippen LogP contribution in [0.3, 0.4) is 0 Å². The fourth-order valence-corrected chi connectivity index (χ4v) is 4.34. The van der Waals surface area contributed by atoms with E-state index in [4.69, 9.17) is 0 Å². The van der Waals surface area contributed by atoms with Crippen LogP contribution in [-0.4, -0.2) is 40.1 Å². The number of piperidine rings is 1. The van der Waals surface area contributed by atoms with Crippen molar-refractivity contribution in [1.29, 1.82) is 0 Å². The first-order valence-corrected chi connectivity index (χ1v) is 9.77. The lowest BCUT2D eigenvalue weighted by Crippen LogP contribution is -2.44. The number of hydrogen-bond donors (Lipinski definition) is 2. The van der Waals surface area contributed by atoms with Crippen molar-refractivity contribution >= 4 is 39.2 Å². The van der Waals surface area contributed by atoms with Crippen molar-refractivity contribution in [2.24, 2.45) is 5.92 Å². The van der Waals surface area contributed by atoms with Crippen LogP contribution in [0.4, 0.5) is 14.9 Å². The molecule has 1 aliphatic rings.